The van der Waals surface area contributed by atoms with Gasteiger partial charge in [-0.05, 0) is 30.5 Å². The van der Waals surface area contributed by atoms with Crippen molar-refractivity contribution in [1.82, 2.24) is 0 Å². The fourth-order valence-electron chi connectivity index (χ4n) is 1.51. The second-order valence-corrected chi connectivity index (χ2v) is 6.68. The molecule has 0 aliphatic rings. The third kappa shape index (κ3) is 5.74. The van der Waals surface area contributed by atoms with Gasteiger partial charge in [0.25, 0.3) is 0 Å². The van der Waals surface area contributed by atoms with Crippen LogP contribution in [-0.4, -0.2) is 27.2 Å². The Labute approximate surface area is 113 Å². The predicted molar refractivity (Wildman–Crippen MR) is 72.6 cm³/mol. The van der Waals surface area contributed by atoms with E-state index in [1.807, 2.05) is 6.92 Å². The summed E-state index contributed by atoms with van der Waals surface area (Å²) >= 11 is 0. The molecule has 6 heteroatoms. The van der Waals surface area contributed by atoms with Gasteiger partial charge >= 0.3 is 0 Å². The van der Waals surface area contributed by atoms with Crippen molar-refractivity contribution in [3.05, 3.63) is 24.3 Å². The summed E-state index contributed by atoms with van der Waals surface area (Å²) in [6.45, 7) is 2.36. The lowest BCUT2D eigenvalue weighted by molar-refractivity contribution is -0.118. The molecule has 1 aromatic carbocycles. The molecule has 0 saturated heterocycles. The van der Waals surface area contributed by atoms with E-state index in [-0.39, 0.29) is 16.7 Å². The summed E-state index contributed by atoms with van der Waals surface area (Å²) in [5, 5.41) is 0. The zero-order valence-corrected chi connectivity index (χ0v) is 11.9. The van der Waals surface area contributed by atoms with Crippen molar-refractivity contribution in [3.8, 4) is 5.75 Å². The number of hydrogen-bond donors (Lipinski definition) is 1. The maximum Gasteiger partial charge on any atom is 0.217 e. The lowest BCUT2D eigenvalue weighted by atomic mass is 10.1. The molecule has 1 rings (SSSR count). The van der Waals surface area contributed by atoms with Crippen LogP contribution in [0.2, 0.25) is 0 Å². The average Bonchev–Trinajstić information content (AvgIpc) is 2.33. The number of amides is 1. The molecule has 0 spiro atoms. The van der Waals surface area contributed by atoms with Crippen molar-refractivity contribution in [3.63, 3.8) is 0 Å². The first-order valence-electron chi connectivity index (χ1n) is 6.00. The number of sulfone groups is 1. The molecule has 5 nitrogen and oxygen atoms in total. The molecular weight excluding hydrogens is 266 g/mol. The summed E-state index contributed by atoms with van der Waals surface area (Å²) in [5.41, 5.74) is 5.07. The van der Waals surface area contributed by atoms with Gasteiger partial charge in [-0.1, -0.05) is 13.0 Å². The Morgan fingerprint density at radius 1 is 1.42 bits per heavy atom. The van der Waals surface area contributed by atoms with E-state index < -0.39 is 9.84 Å². The average molecular weight is 285 g/mol. The van der Waals surface area contributed by atoms with Gasteiger partial charge < -0.3 is 10.5 Å². The Morgan fingerprint density at radius 3 is 2.68 bits per heavy atom. The minimum atomic E-state index is -3.23. The van der Waals surface area contributed by atoms with Crippen LogP contribution in [-0.2, 0) is 14.6 Å². The first-order valence-corrected chi connectivity index (χ1v) is 7.89. The highest BCUT2D eigenvalue weighted by Gasteiger charge is 2.09. The fourth-order valence-corrected chi connectivity index (χ4v) is 2.16. The largest absolute Gasteiger partial charge is 0.493 e. The Morgan fingerprint density at radius 2 is 2.11 bits per heavy atom. The second-order valence-electron chi connectivity index (χ2n) is 4.67. The second kappa shape index (κ2) is 6.56. The van der Waals surface area contributed by atoms with Crippen LogP contribution < -0.4 is 10.5 Å². The number of carbonyl (C=O) groups is 1. The first kappa shape index (κ1) is 15.5. The van der Waals surface area contributed by atoms with E-state index in [9.17, 15) is 13.2 Å². The van der Waals surface area contributed by atoms with Crippen molar-refractivity contribution in [2.45, 2.75) is 24.7 Å². The Balaban J connectivity index is 2.56. The molecule has 106 valence electrons. The van der Waals surface area contributed by atoms with Gasteiger partial charge in [0.05, 0.1) is 11.5 Å². The lowest BCUT2D eigenvalue weighted by Crippen LogP contribution is -2.15. The van der Waals surface area contributed by atoms with Gasteiger partial charge in [-0.2, -0.15) is 0 Å². The lowest BCUT2D eigenvalue weighted by Gasteiger charge is -2.12. The highest BCUT2D eigenvalue weighted by molar-refractivity contribution is 7.90. The van der Waals surface area contributed by atoms with Crippen molar-refractivity contribution in [1.29, 1.82) is 0 Å². The molecule has 0 radical (unpaired) electrons. The number of rotatable bonds is 7. The maximum absolute atomic E-state index is 11.4. The number of nitrogens with two attached hydrogens (primary N) is 1. The maximum atomic E-state index is 11.4. The van der Waals surface area contributed by atoms with Gasteiger partial charge in [0.2, 0.25) is 5.91 Å². The fraction of sp³-hybridized carbons (Fsp3) is 0.462. The van der Waals surface area contributed by atoms with Gasteiger partial charge in [-0.3, -0.25) is 4.79 Å². The summed E-state index contributed by atoms with van der Waals surface area (Å²) < 4.78 is 28.3. The summed E-state index contributed by atoms with van der Waals surface area (Å²) in [6.07, 6.45) is 2.14. The topological polar surface area (TPSA) is 86.5 Å². The number of primary amides is 1. The molecule has 1 amide bonds. The number of ether oxygens (including phenoxy) is 1. The van der Waals surface area contributed by atoms with E-state index in [1.165, 1.54) is 12.1 Å². The molecular formula is C13H19NO4S. The quantitative estimate of drug-likeness (QED) is 0.819. The normalized spacial score (nSPS) is 12.9. The molecule has 1 aromatic rings. The van der Waals surface area contributed by atoms with Gasteiger partial charge in [0.1, 0.15) is 5.75 Å². The molecule has 0 fully saturated rings. The first-order chi connectivity index (χ1) is 8.79. The SMILES string of the molecule is C[C@@H](CCC(N)=O)COc1cccc(S(C)(=O)=O)c1. The smallest absolute Gasteiger partial charge is 0.217 e. The summed E-state index contributed by atoms with van der Waals surface area (Å²) in [7, 11) is -3.23. The third-order valence-corrected chi connectivity index (χ3v) is 3.76. The zero-order chi connectivity index (χ0) is 14.5. The van der Waals surface area contributed by atoms with Crippen LogP contribution in [0.3, 0.4) is 0 Å². The zero-order valence-electron chi connectivity index (χ0n) is 11.1. The van der Waals surface area contributed by atoms with E-state index in [1.54, 1.807) is 12.1 Å². The third-order valence-electron chi connectivity index (χ3n) is 2.65. The van der Waals surface area contributed by atoms with Crippen LogP contribution in [0.1, 0.15) is 19.8 Å². The molecule has 0 saturated carbocycles. The van der Waals surface area contributed by atoms with Crippen LogP contribution in [0.15, 0.2) is 29.2 Å². The van der Waals surface area contributed by atoms with Crippen molar-refractivity contribution in [2.75, 3.05) is 12.9 Å². The highest BCUT2D eigenvalue weighted by atomic mass is 32.2. The van der Waals surface area contributed by atoms with E-state index in [0.717, 1.165) is 6.26 Å². The van der Waals surface area contributed by atoms with E-state index >= 15 is 0 Å². The van der Waals surface area contributed by atoms with Crippen LogP contribution in [0.5, 0.6) is 5.75 Å². The van der Waals surface area contributed by atoms with E-state index in [0.29, 0.717) is 25.2 Å². The van der Waals surface area contributed by atoms with Gasteiger partial charge in [0, 0.05) is 12.7 Å². The molecule has 0 bridgehead atoms. The molecule has 0 aliphatic heterocycles. The van der Waals surface area contributed by atoms with Crippen LogP contribution >= 0.6 is 0 Å². The minimum absolute atomic E-state index is 0.175. The number of benzene rings is 1. The molecule has 0 heterocycles. The molecule has 2 N–H and O–H groups in total. The highest BCUT2D eigenvalue weighted by Crippen LogP contribution is 2.18. The molecule has 1 atom stereocenters. The molecule has 19 heavy (non-hydrogen) atoms. The van der Waals surface area contributed by atoms with Crippen molar-refractivity contribution >= 4 is 15.7 Å². The van der Waals surface area contributed by atoms with Crippen molar-refractivity contribution in [2.24, 2.45) is 11.7 Å². The molecule has 0 aromatic heterocycles. The Kier molecular flexibility index (Phi) is 5.35. The number of hydrogen-bond acceptors (Lipinski definition) is 4. The predicted octanol–water partition coefficient (Wildman–Crippen LogP) is 1.37. The van der Waals surface area contributed by atoms with Gasteiger partial charge in [-0.15, -0.1) is 0 Å². The monoisotopic (exact) mass is 285 g/mol. The summed E-state index contributed by atoms with van der Waals surface area (Å²) in [4.78, 5) is 10.9. The van der Waals surface area contributed by atoms with Crippen LogP contribution in [0, 0.1) is 5.92 Å². The van der Waals surface area contributed by atoms with Gasteiger partial charge in [-0.25, -0.2) is 8.42 Å². The van der Waals surface area contributed by atoms with Crippen molar-refractivity contribution < 1.29 is 17.9 Å². The molecule has 0 aliphatic carbocycles. The summed E-state index contributed by atoms with van der Waals surface area (Å²) in [5.74, 6) is 0.356. The summed E-state index contributed by atoms with van der Waals surface area (Å²) in [6, 6.07) is 6.37. The number of carbonyl (C=O) groups excluding carboxylic acids is 1. The Bertz CT molecular complexity index is 539. The van der Waals surface area contributed by atoms with Crippen LogP contribution in [0.25, 0.3) is 0 Å². The van der Waals surface area contributed by atoms with Crippen LogP contribution in [0.4, 0.5) is 0 Å². The molecule has 0 unspecified atom stereocenters. The standard InChI is InChI=1S/C13H19NO4S/c1-10(6-7-13(14)15)9-18-11-4-3-5-12(8-11)19(2,16)17/h3-5,8,10H,6-7,9H2,1-2H3,(H2,14,15)/t10-/m0/s1. The Hall–Kier alpha value is -1.56. The van der Waals surface area contributed by atoms with E-state index in [2.05, 4.69) is 0 Å². The van der Waals surface area contributed by atoms with E-state index in [4.69, 9.17) is 10.5 Å². The van der Waals surface area contributed by atoms with Gasteiger partial charge in [0.15, 0.2) is 9.84 Å². The minimum Gasteiger partial charge on any atom is -0.493 e.